The Balaban J connectivity index is 0.00000118. The van der Waals surface area contributed by atoms with E-state index >= 15 is 0 Å². The van der Waals surface area contributed by atoms with E-state index in [1.165, 1.54) is 134 Å². The SMILES string of the molecule is C=C(C)C.CCCCCC1CCC(C2CCC(c3ccc(CCC4CCC5CC(CC(CO)COC=O)CCC5C4)cc3)CC2)CC1. The van der Waals surface area contributed by atoms with Crippen molar-refractivity contribution >= 4 is 6.47 Å². The molecule has 3 heteroatoms. The Morgan fingerprint density at radius 1 is 0.787 bits per heavy atom. The first-order valence-corrected chi connectivity index (χ1v) is 20.2. The molecule has 4 aliphatic rings. The molecule has 0 amide bonds. The highest BCUT2D eigenvalue weighted by molar-refractivity contribution is 5.36. The number of benzene rings is 1. The Kier molecular flexibility index (Phi) is 16.9. The second-order valence-electron chi connectivity index (χ2n) is 17.0. The third-order valence-corrected chi connectivity index (χ3v) is 13.0. The van der Waals surface area contributed by atoms with Crippen LogP contribution in [-0.4, -0.2) is 24.8 Å². The van der Waals surface area contributed by atoms with Crippen LogP contribution in [0.4, 0.5) is 0 Å². The normalized spacial score (nSPS) is 31.5. The third-order valence-electron chi connectivity index (χ3n) is 13.0. The summed E-state index contributed by atoms with van der Waals surface area (Å²) in [4.78, 5) is 10.5. The van der Waals surface area contributed by atoms with Crippen molar-refractivity contribution in [3.05, 3.63) is 47.5 Å². The van der Waals surface area contributed by atoms with Crippen LogP contribution in [0.2, 0.25) is 0 Å². The van der Waals surface area contributed by atoms with Crippen LogP contribution in [0.25, 0.3) is 0 Å². The Bertz CT molecular complexity index is 995. The molecule has 0 saturated heterocycles. The van der Waals surface area contributed by atoms with Gasteiger partial charge in [0.2, 0.25) is 0 Å². The highest BCUT2D eigenvalue weighted by Crippen LogP contribution is 2.47. The van der Waals surface area contributed by atoms with Gasteiger partial charge in [-0.3, -0.25) is 4.79 Å². The van der Waals surface area contributed by atoms with Crippen molar-refractivity contribution in [2.24, 2.45) is 47.3 Å². The molecule has 1 aromatic rings. The highest BCUT2D eigenvalue weighted by atomic mass is 16.5. The number of aryl methyl sites for hydroxylation is 1. The van der Waals surface area contributed by atoms with E-state index in [0.29, 0.717) is 19.0 Å². The first kappa shape index (κ1) is 38.2. The number of carbonyl (C=O) groups excluding carboxylic acids is 1. The lowest BCUT2D eigenvalue weighted by molar-refractivity contribution is -0.130. The number of carbonyl (C=O) groups is 1. The van der Waals surface area contributed by atoms with Crippen LogP contribution in [0.15, 0.2) is 36.4 Å². The number of hydrogen-bond donors (Lipinski definition) is 1. The lowest BCUT2D eigenvalue weighted by Crippen LogP contribution is -2.32. The van der Waals surface area contributed by atoms with E-state index in [9.17, 15) is 9.90 Å². The van der Waals surface area contributed by atoms with Crippen molar-refractivity contribution in [2.75, 3.05) is 13.2 Å². The molecule has 3 nitrogen and oxygen atoms in total. The number of rotatable bonds is 15. The van der Waals surface area contributed by atoms with Crippen LogP contribution >= 0.6 is 0 Å². The van der Waals surface area contributed by atoms with Gasteiger partial charge in [-0.15, -0.1) is 6.58 Å². The molecule has 0 heterocycles. The maximum absolute atomic E-state index is 10.5. The molecule has 5 rings (SSSR count). The van der Waals surface area contributed by atoms with Gasteiger partial charge in [0.15, 0.2) is 0 Å². The van der Waals surface area contributed by atoms with E-state index in [4.69, 9.17) is 4.74 Å². The monoisotopic (exact) mass is 649 g/mol. The summed E-state index contributed by atoms with van der Waals surface area (Å²) in [5, 5.41) is 9.67. The zero-order chi connectivity index (χ0) is 33.4. The number of hydrogen-bond acceptors (Lipinski definition) is 3. The Hall–Kier alpha value is -1.61. The molecule has 0 bridgehead atoms. The maximum atomic E-state index is 10.5. The van der Waals surface area contributed by atoms with Crippen LogP contribution in [-0.2, 0) is 16.0 Å². The molecule has 4 fully saturated rings. The van der Waals surface area contributed by atoms with Crippen molar-refractivity contribution in [1.29, 1.82) is 0 Å². The van der Waals surface area contributed by atoms with E-state index < -0.39 is 0 Å². The molecule has 47 heavy (non-hydrogen) atoms. The van der Waals surface area contributed by atoms with Gasteiger partial charge in [-0.05, 0) is 156 Å². The quantitative estimate of drug-likeness (QED) is 0.117. The van der Waals surface area contributed by atoms with Gasteiger partial charge in [0.1, 0.15) is 0 Å². The van der Waals surface area contributed by atoms with E-state index in [0.717, 1.165) is 47.8 Å². The minimum atomic E-state index is 0.110. The Morgan fingerprint density at radius 2 is 1.34 bits per heavy atom. The number of ether oxygens (including phenoxy) is 1. The van der Waals surface area contributed by atoms with Gasteiger partial charge in [-0.1, -0.05) is 88.1 Å². The van der Waals surface area contributed by atoms with Crippen LogP contribution in [0.3, 0.4) is 0 Å². The van der Waals surface area contributed by atoms with Crippen molar-refractivity contribution in [1.82, 2.24) is 0 Å². The van der Waals surface area contributed by atoms with Crippen LogP contribution < -0.4 is 0 Å². The summed E-state index contributed by atoms with van der Waals surface area (Å²) >= 11 is 0. The minimum Gasteiger partial charge on any atom is -0.468 e. The zero-order valence-electron chi connectivity index (χ0n) is 30.8. The van der Waals surface area contributed by atoms with E-state index in [1.807, 2.05) is 13.8 Å². The molecule has 5 atom stereocenters. The standard InChI is InChI=1S/C40H64O3.C4H8/c1-2-3-4-5-30-8-14-35(15-9-30)37-20-22-38(23-21-37)36-16-10-31(11-17-36)6-7-32-12-18-40-26-33(13-19-39(40)25-32)24-34(27-41)28-43-29-42;1-4(2)3/h10-11,16-17,29-30,32-35,37-41H,2-9,12-15,18-28H2,1H3;1H2,2-3H3. The average molecular weight is 649 g/mol. The predicted octanol–water partition coefficient (Wildman–Crippen LogP) is 11.9. The van der Waals surface area contributed by atoms with Gasteiger partial charge in [-0.2, -0.15) is 0 Å². The fourth-order valence-corrected chi connectivity index (χ4v) is 10.3. The lowest BCUT2D eigenvalue weighted by Gasteiger charge is -2.43. The Morgan fingerprint density at radius 3 is 1.94 bits per heavy atom. The summed E-state index contributed by atoms with van der Waals surface area (Å²) in [5.41, 5.74) is 4.33. The van der Waals surface area contributed by atoms with E-state index in [-0.39, 0.29) is 12.5 Å². The van der Waals surface area contributed by atoms with Gasteiger partial charge in [0.25, 0.3) is 6.47 Å². The summed E-state index contributed by atoms with van der Waals surface area (Å²) in [6, 6.07) is 9.90. The fraction of sp³-hybridized carbons (Fsp3) is 0.795. The molecule has 266 valence electrons. The number of unbranched alkanes of at least 4 members (excludes halogenated alkanes) is 2. The lowest BCUT2D eigenvalue weighted by atomic mass is 9.63. The Labute approximate surface area is 290 Å². The molecular formula is C44H72O3. The maximum Gasteiger partial charge on any atom is 0.293 e. The zero-order valence-corrected chi connectivity index (χ0v) is 30.8. The van der Waals surface area contributed by atoms with Gasteiger partial charge >= 0.3 is 0 Å². The third kappa shape index (κ3) is 13.0. The molecule has 1 aromatic carbocycles. The number of fused-ring (bicyclic) bond motifs is 1. The molecular weight excluding hydrogens is 576 g/mol. The summed E-state index contributed by atoms with van der Waals surface area (Å²) in [5.74, 6) is 7.37. The van der Waals surface area contributed by atoms with Crippen molar-refractivity contribution in [3.63, 3.8) is 0 Å². The van der Waals surface area contributed by atoms with Crippen molar-refractivity contribution < 1.29 is 14.6 Å². The highest BCUT2D eigenvalue weighted by Gasteiger charge is 2.36. The molecule has 0 aromatic heterocycles. The van der Waals surface area contributed by atoms with Crippen LogP contribution in [0.1, 0.15) is 166 Å². The molecule has 5 unspecified atom stereocenters. The largest absolute Gasteiger partial charge is 0.468 e. The predicted molar refractivity (Wildman–Crippen MR) is 198 cm³/mol. The van der Waals surface area contributed by atoms with Crippen LogP contribution in [0, 0.1) is 47.3 Å². The molecule has 0 aliphatic heterocycles. The summed E-state index contributed by atoms with van der Waals surface area (Å²) in [6.07, 6.45) is 29.4. The van der Waals surface area contributed by atoms with Gasteiger partial charge in [0, 0.05) is 12.5 Å². The molecule has 4 aliphatic carbocycles. The van der Waals surface area contributed by atoms with Gasteiger partial charge < -0.3 is 9.84 Å². The second-order valence-corrected chi connectivity index (χ2v) is 17.0. The van der Waals surface area contributed by atoms with Gasteiger partial charge in [0.05, 0.1) is 6.61 Å². The number of aliphatic hydroxyl groups excluding tert-OH is 1. The molecule has 1 N–H and O–H groups in total. The van der Waals surface area contributed by atoms with Gasteiger partial charge in [-0.25, -0.2) is 0 Å². The summed E-state index contributed by atoms with van der Waals surface area (Å²) < 4.78 is 4.95. The van der Waals surface area contributed by atoms with Crippen molar-refractivity contribution in [2.45, 2.75) is 162 Å². The minimum absolute atomic E-state index is 0.110. The average Bonchev–Trinajstić information content (AvgIpc) is 3.09. The summed E-state index contributed by atoms with van der Waals surface area (Å²) in [7, 11) is 0. The topological polar surface area (TPSA) is 46.5 Å². The fourth-order valence-electron chi connectivity index (χ4n) is 10.3. The van der Waals surface area contributed by atoms with E-state index in [1.54, 1.807) is 11.1 Å². The second kappa shape index (κ2) is 20.8. The first-order chi connectivity index (χ1) is 22.9. The number of allylic oxidation sites excluding steroid dienone is 1. The molecule has 0 radical (unpaired) electrons. The molecule has 0 spiro atoms. The van der Waals surface area contributed by atoms with E-state index in [2.05, 4.69) is 37.8 Å². The summed E-state index contributed by atoms with van der Waals surface area (Å²) in [6.45, 7) is 10.8. The van der Waals surface area contributed by atoms with Crippen molar-refractivity contribution in [3.8, 4) is 0 Å². The van der Waals surface area contributed by atoms with Crippen LogP contribution in [0.5, 0.6) is 0 Å². The smallest absolute Gasteiger partial charge is 0.293 e. The number of aliphatic hydroxyl groups is 1. The molecule has 4 saturated carbocycles. The first-order valence-electron chi connectivity index (χ1n) is 20.2.